The maximum atomic E-state index is 8.63. The van der Waals surface area contributed by atoms with Gasteiger partial charge in [0, 0.05) is 6.20 Å². The fourth-order valence-corrected chi connectivity index (χ4v) is 1.12. The Morgan fingerprint density at radius 2 is 2.08 bits per heavy atom. The van der Waals surface area contributed by atoms with Gasteiger partial charge in [0.25, 0.3) is 0 Å². The van der Waals surface area contributed by atoms with Crippen LogP contribution in [0.5, 0.6) is 0 Å². The molecule has 0 saturated carbocycles. The van der Waals surface area contributed by atoms with E-state index in [1.165, 1.54) is 5.56 Å². The van der Waals surface area contributed by atoms with Crippen molar-refractivity contribution in [1.29, 1.82) is 0 Å². The molecule has 0 saturated heterocycles. The normalized spacial score (nSPS) is 9.31. The quantitative estimate of drug-likeness (QED) is 0.777. The van der Waals surface area contributed by atoms with Crippen LogP contribution in [0.25, 0.3) is 0 Å². The summed E-state index contributed by atoms with van der Waals surface area (Å²) in [5.74, 6) is 0. The van der Waals surface area contributed by atoms with Crippen LogP contribution in [0, 0.1) is 6.92 Å². The Bertz CT molecular complexity index is 231. The van der Waals surface area contributed by atoms with Crippen LogP contribution in [0.15, 0.2) is 6.20 Å². The molecule has 0 aliphatic heterocycles. The van der Waals surface area contributed by atoms with Crippen LogP contribution in [-0.4, -0.2) is 21.5 Å². The van der Waals surface area contributed by atoms with Gasteiger partial charge >= 0.3 is 0 Å². The molecule has 0 atom stereocenters. The van der Waals surface area contributed by atoms with Crippen molar-refractivity contribution >= 4 is 0 Å². The van der Waals surface area contributed by atoms with E-state index in [9.17, 15) is 0 Å². The second kappa shape index (κ2) is 6.66. The van der Waals surface area contributed by atoms with Crippen molar-refractivity contribution in [3.05, 3.63) is 17.5 Å². The lowest BCUT2D eigenvalue weighted by Gasteiger charge is -1.93. The summed E-state index contributed by atoms with van der Waals surface area (Å²) in [5.41, 5.74) is 2.33. The fourth-order valence-electron chi connectivity index (χ4n) is 1.12. The summed E-state index contributed by atoms with van der Waals surface area (Å²) in [4.78, 5) is 0. The molecule has 3 nitrogen and oxygen atoms in total. The monoisotopic (exact) mass is 184 g/mol. The lowest BCUT2D eigenvalue weighted by molar-refractivity contribution is 0.269. The highest BCUT2D eigenvalue weighted by Crippen LogP contribution is 2.05. The number of aliphatic hydroxyl groups is 1. The van der Waals surface area contributed by atoms with Crippen molar-refractivity contribution in [3.8, 4) is 0 Å². The van der Waals surface area contributed by atoms with Crippen molar-refractivity contribution in [2.24, 2.45) is 0 Å². The Balaban J connectivity index is 0.000000671. The van der Waals surface area contributed by atoms with E-state index in [1.54, 1.807) is 4.68 Å². The molecule has 1 N–H and O–H groups in total. The zero-order chi connectivity index (χ0) is 10.3. The van der Waals surface area contributed by atoms with E-state index >= 15 is 0 Å². The van der Waals surface area contributed by atoms with Crippen molar-refractivity contribution in [3.63, 3.8) is 0 Å². The Morgan fingerprint density at radius 3 is 2.46 bits per heavy atom. The number of aryl methyl sites for hydroxylation is 2. The summed E-state index contributed by atoms with van der Waals surface area (Å²) >= 11 is 0. The highest BCUT2D eigenvalue weighted by atomic mass is 16.3. The number of rotatable bonds is 3. The van der Waals surface area contributed by atoms with Crippen LogP contribution >= 0.6 is 0 Å². The number of hydrogen-bond acceptors (Lipinski definition) is 2. The van der Waals surface area contributed by atoms with Crippen LogP contribution < -0.4 is 0 Å². The summed E-state index contributed by atoms with van der Waals surface area (Å²) in [5, 5.41) is 12.9. The van der Waals surface area contributed by atoms with Gasteiger partial charge in [-0.25, -0.2) is 0 Å². The SMILES string of the molecule is CC.CCc1cn(CCO)nc1C. The molecule has 0 spiro atoms. The number of aromatic nitrogens is 2. The Kier molecular flexibility index (Phi) is 6.24. The smallest absolute Gasteiger partial charge is 0.0641 e. The molecule has 3 heteroatoms. The van der Waals surface area contributed by atoms with Gasteiger partial charge in [0.2, 0.25) is 0 Å². The van der Waals surface area contributed by atoms with Gasteiger partial charge in [-0.2, -0.15) is 5.10 Å². The predicted molar refractivity (Wildman–Crippen MR) is 54.8 cm³/mol. The highest BCUT2D eigenvalue weighted by molar-refractivity contribution is 5.14. The van der Waals surface area contributed by atoms with Crippen molar-refractivity contribution in [2.75, 3.05) is 6.61 Å². The number of nitrogens with zero attached hydrogens (tertiary/aromatic N) is 2. The molecule has 0 amide bonds. The predicted octanol–water partition coefficient (Wildman–Crippen LogP) is 1.77. The molecule has 0 radical (unpaired) electrons. The molecule has 1 heterocycles. The Hall–Kier alpha value is -0.830. The summed E-state index contributed by atoms with van der Waals surface area (Å²) < 4.78 is 1.79. The van der Waals surface area contributed by atoms with E-state index < -0.39 is 0 Å². The average molecular weight is 184 g/mol. The maximum absolute atomic E-state index is 8.63. The molecule has 1 aromatic heterocycles. The van der Waals surface area contributed by atoms with Crippen molar-refractivity contribution < 1.29 is 5.11 Å². The molecular weight excluding hydrogens is 164 g/mol. The summed E-state index contributed by atoms with van der Waals surface area (Å²) in [6.07, 6.45) is 3.00. The largest absolute Gasteiger partial charge is 0.394 e. The van der Waals surface area contributed by atoms with Crippen molar-refractivity contribution in [1.82, 2.24) is 9.78 Å². The van der Waals surface area contributed by atoms with Crippen LogP contribution in [-0.2, 0) is 13.0 Å². The van der Waals surface area contributed by atoms with Gasteiger partial charge in [-0.3, -0.25) is 4.68 Å². The van der Waals surface area contributed by atoms with Gasteiger partial charge in [-0.1, -0.05) is 20.8 Å². The molecule has 1 aromatic rings. The molecule has 0 fully saturated rings. The van der Waals surface area contributed by atoms with E-state index in [-0.39, 0.29) is 6.61 Å². The first-order chi connectivity index (χ1) is 6.27. The topological polar surface area (TPSA) is 38.0 Å². The fraction of sp³-hybridized carbons (Fsp3) is 0.700. The maximum Gasteiger partial charge on any atom is 0.0641 e. The minimum Gasteiger partial charge on any atom is -0.394 e. The van der Waals surface area contributed by atoms with Gasteiger partial charge in [-0.05, 0) is 18.9 Å². The van der Waals surface area contributed by atoms with Gasteiger partial charge in [-0.15, -0.1) is 0 Å². The van der Waals surface area contributed by atoms with Crippen LogP contribution in [0.1, 0.15) is 32.0 Å². The summed E-state index contributed by atoms with van der Waals surface area (Å²) in [6, 6.07) is 0. The third-order valence-electron chi connectivity index (χ3n) is 1.76. The molecule has 0 aromatic carbocycles. The Labute approximate surface area is 80.4 Å². The second-order valence-electron chi connectivity index (χ2n) is 2.58. The second-order valence-corrected chi connectivity index (χ2v) is 2.58. The minimum atomic E-state index is 0.157. The molecule has 13 heavy (non-hydrogen) atoms. The standard InChI is InChI=1S/C8H14N2O.C2H6/c1-3-8-6-10(4-5-11)9-7(8)2;1-2/h6,11H,3-5H2,1-2H3;1-2H3. The van der Waals surface area contributed by atoms with Crippen molar-refractivity contribution in [2.45, 2.75) is 40.7 Å². The Morgan fingerprint density at radius 1 is 1.46 bits per heavy atom. The third kappa shape index (κ3) is 3.59. The van der Waals surface area contributed by atoms with Crippen LogP contribution in [0.3, 0.4) is 0 Å². The zero-order valence-corrected chi connectivity index (χ0v) is 9.04. The number of hydrogen-bond donors (Lipinski definition) is 1. The van der Waals surface area contributed by atoms with Gasteiger partial charge in [0.1, 0.15) is 0 Å². The molecule has 0 aliphatic rings. The molecule has 0 aliphatic carbocycles. The van der Waals surface area contributed by atoms with E-state index in [2.05, 4.69) is 12.0 Å². The molecule has 1 rings (SSSR count). The lowest BCUT2D eigenvalue weighted by atomic mass is 10.2. The average Bonchev–Trinajstić information content (AvgIpc) is 2.50. The first-order valence-electron chi connectivity index (χ1n) is 4.91. The van der Waals surface area contributed by atoms with E-state index in [0.717, 1.165) is 12.1 Å². The third-order valence-corrected chi connectivity index (χ3v) is 1.76. The first-order valence-corrected chi connectivity index (χ1v) is 4.91. The van der Waals surface area contributed by atoms with Crippen LogP contribution in [0.2, 0.25) is 0 Å². The van der Waals surface area contributed by atoms with E-state index in [0.29, 0.717) is 6.54 Å². The minimum absolute atomic E-state index is 0.157. The first kappa shape index (κ1) is 12.2. The van der Waals surface area contributed by atoms with Gasteiger partial charge in [0.05, 0.1) is 18.8 Å². The lowest BCUT2D eigenvalue weighted by Crippen LogP contribution is -2.02. The molecule has 76 valence electrons. The molecular formula is C10H20N2O. The summed E-state index contributed by atoms with van der Waals surface area (Å²) in [6.45, 7) is 8.85. The highest BCUT2D eigenvalue weighted by Gasteiger charge is 2.00. The van der Waals surface area contributed by atoms with E-state index in [4.69, 9.17) is 5.11 Å². The van der Waals surface area contributed by atoms with Gasteiger partial charge in [0.15, 0.2) is 0 Å². The molecule has 0 bridgehead atoms. The molecule has 0 unspecified atom stereocenters. The number of aliphatic hydroxyl groups excluding tert-OH is 1. The summed E-state index contributed by atoms with van der Waals surface area (Å²) in [7, 11) is 0. The van der Waals surface area contributed by atoms with E-state index in [1.807, 2.05) is 27.0 Å². The van der Waals surface area contributed by atoms with Gasteiger partial charge < -0.3 is 5.11 Å². The van der Waals surface area contributed by atoms with Crippen LogP contribution in [0.4, 0.5) is 0 Å². The zero-order valence-electron chi connectivity index (χ0n) is 9.04.